The van der Waals surface area contributed by atoms with Gasteiger partial charge in [-0.05, 0) is 22.5 Å². The molecule has 1 rings (SSSR count). The largest absolute Gasteiger partial charge is 0.206 e. The molecular formula is C14H19F3. The minimum atomic E-state index is -1.08. The Morgan fingerprint density at radius 2 is 1.24 bits per heavy atom. The number of hydrogen-bond donors (Lipinski definition) is 0. The van der Waals surface area contributed by atoms with E-state index in [4.69, 9.17) is 0 Å². The minimum absolute atomic E-state index is 0.178. The Morgan fingerprint density at radius 1 is 0.765 bits per heavy atom. The van der Waals surface area contributed by atoms with Crippen LogP contribution in [0.4, 0.5) is 13.2 Å². The number of benzene rings is 1. The first-order valence-corrected chi connectivity index (χ1v) is 5.64. The van der Waals surface area contributed by atoms with E-state index in [9.17, 15) is 13.2 Å². The summed E-state index contributed by atoms with van der Waals surface area (Å²) in [7, 11) is 0. The fraction of sp³-hybridized carbons (Fsp3) is 0.571. The molecule has 0 spiro atoms. The smallest absolute Gasteiger partial charge is 0.165 e. The predicted octanol–water partition coefficient (Wildman–Crippen LogP) is 4.70. The van der Waals surface area contributed by atoms with E-state index < -0.39 is 28.3 Å². The summed E-state index contributed by atoms with van der Waals surface area (Å²) >= 11 is 0. The normalized spacial score (nSPS) is 13.0. The lowest BCUT2D eigenvalue weighted by atomic mass is 9.79. The van der Waals surface area contributed by atoms with Crippen molar-refractivity contribution in [1.29, 1.82) is 0 Å². The molecule has 0 aliphatic rings. The van der Waals surface area contributed by atoms with E-state index in [1.54, 1.807) is 41.5 Å². The summed E-state index contributed by atoms with van der Waals surface area (Å²) < 4.78 is 41.5. The molecule has 0 amide bonds. The van der Waals surface area contributed by atoms with Gasteiger partial charge in [0.05, 0.1) is 0 Å². The van der Waals surface area contributed by atoms with Gasteiger partial charge in [0.15, 0.2) is 11.6 Å². The predicted molar refractivity (Wildman–Crippen MR) is 63.7 cm³/mol. The maximum Gasteiger partial charge on any atom is 0.165 e. The number of halogens is 3. The molecule has 96 valence electrons. The van der Waals surface area contributed by atoms with Gasteiger partial charge in [-0.25, -0.2) is 13.2 Å². The average Bonchev–Trinajstić information content (AvgIpc) is 2.07. The third-order valence-corrected chi connectivity index (χ3v) is 2.71. The van der Waals surface area contributed by atoms with E-state index in [2.05, 4.69) is 0 Å². The molecule has 0 N–H and O–H groups in total. The molecule has 1 aromatic carbocycles. The second-order valence-electron chi connectivity index (χ2n) is 6.41. The van der Waals surface area contributed by atoms with Crippen LogP contribution in [0.15, 0.2) is 6.07 Å². The fourth-order valence-corrected chi connectivity index (χ4v) is 1.81. The Labute approximate surface area is 101 Å². The molecular weight excluding hydrogens is 225 g/mol. The Balaban J connectivity index is 3.67. The van der Waals surface area contributed by atoms with Crippen molar-refractivity contribution in [1.82, 2.24) is 0 Å². The first kappa shape index (κ1) is 14.1. The Morgan fingerprint density at radius 3 is 1.59 bits per heavy atom. The molecule has 3 heteroatoms. The summed E-state index contributed by atoms with van der Waals surface area (Å²) in [4.78, 5) is 0. The average molecular weight is 244 g/mol. The molecule has 0 saturated heterocycles. The van der Waals surface area contributed by atoms with Crippen LogP contribution < -0.4 is 0 Å². The van der Waals surface area contributed by atoms with Crippen molar-refractivity contribution in [2.45, 2.75) is 52.4 Å². The van der Waals surface area contributed by atoms with Crippen LogP contribution >= 0.6 is 0 Å². The van der Waals surface area contributed by atoms with Gasteiger partial charge in [0, 0.05) is 5.56 Å². The van der Waals surface area contributed by atoms with Crippen LogP contribution in [0.3, 0.4) is 0 Å². The van der Waals surface area contributed by atoms with Gasteiger partial charge < -0.3 is 0 Å². The lowest BCUT2D eigenvalue weighted by molar-refractivity contribution is 0.417. The second kappa shape index (κ2) is 4.04. The van der Waals surface area contributed by atoms with Crippen LogP contribution in [0.1, 0.15) is 52.7 Å². The summed E-state index contributed by atoms with van der Waals surface area (Å²) in [5, 5.41) is 0. The summed E-state index contributed by atoms with van der Waals surface area (Å²) in [5.74, 6) is -2.70. The van der Waals surface area contributed by atoms with Gasteiger partial charge in [0.2, 0.25) is 0 Å². The zero-order chi connectivity index (χ0) is 13.6. The van der Waals surface area contributed by atoms with Crippen LogP contribution in [0.5, 0.6) is 0 Å². The van der Waals surface area contributed by atoms with E-state index in [1.165, 1.54) is 0 Å². The molecule has 0 aliphatic carbocycles. The standard InChI is InChI=1S/C14H19F3/c1-13(2,3)8-7-9(15)12(17)10(11(8)16)14(4,5)6/h7H,1-6H3. The SMILES string of the molecule is CC(C)(C)c1cc(F)c(F)c(C(C)(C)C)c1F. The molecule has 0 saturated carbocycles. The highest BCUT2D eigenvalue weighted by atomic mass is 19.2. The van der Waals surface area contributed by atoms with Gasteiger partial charge in [0.25, 0.3) is 0 Å². The molecule has 0 unspecified atom stereocenters. The zero-order valence-corrected chi connectivity index (χ0v) is 11.2. The molecule has 0 bridgehead atoms. The van der Waals surface area contributed by atoms with Crippen molar-refractivity contribution in [3.05, 3.63) is 34.6 Å². The van der Waals surface area contributed by atoms with E-state index in [1.807, 2.05) is 0 Å². The van der Waals surface area contributed by atoms with Crippen molar-refractivity contribution in [2.75, 3.05) is 0 Å². The minimum Gasteiger partial charge on any atom is -0.206 e. The van der Waals surface area contributed by atoms with E-state index in [0.29, 0.717) is 0 Å². The molecule has 0 fully saturated rings. The van der Waals surface area contributed by atoms with Gasteiger partial charge >= 0.3 is 0 Å². The molecule has 0 nitrogen and oxygen atoms in total. The lowest BCUT2D eigenvalue weighted by Crippen LogP contribution is -2.23. The molecule has 0 aromatic heterocycles. The van der Waals surface area contributed by atoms with Gasteiger partial charge in [-0.1, -0.05) is 41.5 Å². The van der Waals surface area contributed by atoms with Crippen molar-refractivity contribution in [3.63, 3.8) is 0 Å². The van der Waals surface area contributed by atoms with E-state index >= 15 is 0 Å². The molecule has 1 aromatic rings. The van der Waals surface area contributed by atoms with Gasteiger partial charge in [-0.15, -0.1) is 0 Å². The Kier molecular flexibility index (Phi) is 3.34. The van der Waals surface area contributed by atoms with E-state index in [0.717, 1.165) is 6.07 Å². The molecule has 0 aliphatic heterocycles. The van der Waals surface area contributed by atoms with Gasteiger partial charge in [-0.3, -0.25) is 0 Å². The molecule has 0 radical (unpaired) electrons. The number of hydrogen-bond acceptors (Lipinski definition) is 0. The van der Waals surface area contributed by atoms with Gasteiger partial charge in [-0.2, -0.15) is 0 Å². The lowest BCUT2D eigenvalue weighted by Gasteiger charge is -2.27. The van der Waals surface area contributed by atoms with Crippen molar-refractivity contribution in [2.24, 2.45) is 0 Å². The van der Waals surface area contributed by atoms with E-state index in [-0.39, 0.29) is 11.1 Å². The summed E-state index contributed by atoms with van der Waals surface area (Å²) in [6.45, 7) is 10.3. The van der Waals surface area contributed by atoms with Crippen molar-refractivity contribution >= 4 is 0 Å². The maximum absolute atomic E-state index is 14.3. The molecule has 0 atom stereocenters. The monoisotopic (exact) mass is 244 g/mol. The zero-order valence-electron chi connectivity index (χ0n) is 11.2. The van der Waals surface area contributed by atoms with Crippen LogP contribution in [0.25, 0.3) is 0 Å². The van der Waals surface area contributed by atoms with Crippen LogP contribution in [0, 0.1) is 17.5 Å². The fourth-order valence-electron chi connectivity index (χ4n) is 1.81. The second-order valence-corrected chi connectivity index (χ2v) is 6.41. The summed E-state index contributed by atoms with van der Waals surface area (Å²) in [6.07, 6.45) is 0. The van der Waals surface area contributed by atoms with Gasteiger partial charge in [0.1, 0.15) is 5.82 Å². The molecule has 0 heterocycles. The Hall–Kier alpha value is -0.990. The highest BCUT2D eigenvalue weighted by Crippen LogP contribution is 2.35. The number of rotatable bonds is 0. The van der Waals surface area contributed by atoms with Crippen LogP contribution in [-0.4, -0.2) is 0 Å². The third-order valence-electron chi connectivity index (χ3n) is 2.71. The third kappa shape index (κ3) is 2.64. The topological polar surface area (TPSA) is 0 Å². The van der Waals surface area contributed by atoms with Crippen molar-refractivity contribution in [3.8, 4) is 0 Å². The first-order chi connectivity index (χ1) is 7.46. The maximum atomic E-state index is 14.3. The molecule has 17 heavy (non-hydrogen) atoms. The van der Waals surface area contributed by atoms with Crippen LogP contribution in [-0.2, 0) is 10.8 Å². The quantitative estimate of drug-likeness (QED) is 0.580. The first-order valence-electron chi connectivity index (χ1n) is 5.64. The summed E-state index contributed by atoms with van der Waals surface area (Å²) in [6, 6.07) is 0.958. The van der Waals surface area contributed by atoms with Crippen LogP contribution in [0.2, 0.25) is 0 Å². The Bertz CT molecular complexity index is 434. The summed E-state index contributed by atoms with van der Waals surface area (Å²) in [5.41, 5.74) is -1.29. The highest BCUT2D eigenvalue weighted by molar-refractivity contribution is 5.36. The highest BCUT2D eigenvalue weighted by Gasteiger charge is 2.31. The van der Waals surface area contributed by atoms with Crippen molar-refractivity contribution < 1.29 is 13.2 Å².